The van der Waals surface area contributed by atoms with Crippen LogP contribution in [0.15, 0.2) is 30.3 Å². The minimum Gasteiger partial charge on any atom is -0.480 e. The first-order chi connectivity index (χ1) is 8.08. The number of carboxylic acid groups (broad SMARTS) is 1. The van der Waals surface area contributed by atoms with Gasteiger partial charge in [-0.25, -0.2) is 0 Å². The number of para-hydroxylation sites is 1. The molecule has 1 heterocycles. The molecule has 0 aliphatic carbocycles. The zero-order chi connectivity index (χ0) is 12.4. The second-order valence-electron chi connectivity index (χ2n) is 4.05. The summed E-state index contributed by atoms with van der Waals surface area (Å²) in [5, 5.41) is 9.80. The molecule has 0 fully saturated rings. The number of nitrogens with zero attached hydrogens (tertiary/aromatic N) is 2. The molecule has 0 radical (unpaired) electrons. The van der Waals surface area contributed by atoms with Crippen molar-refractivity contribution in [2.45, 2.75) is 6.92 Å². The number of hydrogen-bond acceptors (Lipinski definition) is 3. The van der Waals surface area contributed by atoms with Crippen LogP contribution in [-0.4, -0.2) is 29.7 Å². The first-order valence-electron chi connectivity index (χ1n) is 5.37. The topological polar surface area (TPSA) is 53.4 Å². The van der Waals surface area contributed by atoms with Crippen LogP contribution in [0.3, 0.4) is 0 Å². The average molecular weight is 230 g/mol. The van der Waals surface area contributed by atoms with Crippen molar-refractivity contribution in [3.63, 3.8) is 0 Å². The summed E-state index contributed by atoms with van der Waals surface area (Å²) in [6.45, 7) is 1.89. The van der Waals surface area contributed by atoms with E-state index >= 15 is 0 Å². The summed E-state index contributed by atoms with van der Waals surface area (Å²) in [5.41, 5.74) is 2.67. The summed E-state index contributed by atoms with van der Waals surface area (Å²) in [7, 11) is 1.77. The molecule has 0 aliphatic rings. The van der Waals surface area contributed by atoms with Crippen molar-refractivity contribution in [1.82, 2.24) is 4.98 Å². The third kappa shape index (κ3) is 2.36. The Hall–Kier alpha value is -2.10. The lowest BCUT2D eigenvalue weighted by Crippen LogP contribution is -2.25. The molecule has 4 heteroatoms. The van der Waals surface area contributed by atoms with Crippen LogP contribution < -0.4 is 4.90 Å². The molecule has 88 valence electrons. The first-order valence-corrected chi connectivity index (χ1v) is 5.37. The maximum atomic E-state index is 10.7. The molecular formula is C13H14N2O2. The van der Waals surface area contributed by atoms with Gasteiger partial charge in [0.25, 0.3) is 0 Å². The molecule has 0 spiro atoms. The standard InChI is InChI=1S/C13H14N2O2/c1-9-7-12(15(2)8-13(16)17)10-5-3-4-6-11(10)14-9/h3-7H,8H2,1-2H3,(H,16,17). The van der Waals surface area contributed by atoms with Crippen LogP contribution in [0.25, 0.3) is 10.9 Å². The van der Waals surface area contributed by atoms with Crippen LogP contribution >= 0.6 is 0 Å². The highest BCUT2D eigenvalue weighted by Crippen LogP contribution is 2.25. The molecule has 0 atom stereocenters. The highest BCUT2D eigenvalue weighted by atomic mass is 16.4. The lowest BCUT2D eigenvalue weighted by atomic mass is 10.1. The number of carboxylic acids is 1. The summed E-state index contributed by atoms with van der Waals surface area (Å²) >= 11 is 0. The number of hydrogen-bond donors (Lipinski definition) is 1. The fraction of sp³-hybridized carbons (Fsp3) is 0.231. The highest BCUT2D eigenvalue weighted by Gasteiger charge is 2.10. The number of anilines is 1. The minimum absolute atomic E-state index is 0.0204. The van der Waals surface area contributed by atoms with Crippen molar-refractivity contribution < 1.29 is 9.90 Å². The first kappa shape index (κ1) is 11.4. The lowest BCUT2D eigenvalue weighted by Gasteiger charge is -2.19. The molecule has 1 aromatic carbocycles. The van der Waals surface area contributed by atoms with Crippen molar-refractivity contribution in [3.05, 3.63) is 36.0 Å². The van der Waals surface area contributed by atoms with E-state index in [-0.39, 0.29) is 6.54 Å². The van der Waals surface area contributed by atoms with E-state index in [9.17, 15) is 4.79 Å². The molecule has 0 saturated carbocycles. The smallest absolute Gasteiger partial charge is 0.323 e. The number of aliphatic carboxylic acids is 1. The molecule has 2 rings (SSSR count). The fourth-order valence-electron chi connectivity index (χ4n) is 1.89. The average Bonchev–Trinajstić information content (AvgIpc) is 2.26. The Balaban J connectivity index is 2.55. The molecule has 4 nitrogen and oxygen atoms in total. The van der Waals surface area contributed by atoms with Gasteiger partial charge in [0.2, 0.25) is 0 Å². The van der Waals surface area contributed by atoms with Gasteiger partial charge in [0, 0.05) is 23.8 Å². The van der Waals surface area contributed by atoms with E-state index in [2.05, 4.69) is 4.98 Å². The predicted molar refractivity (Wildman–Crippen MR) is 67.4 cm³/mol. The van der Waals surface area contributed by atoms with Gasteiger partial charge in [-0.15, -0.1) is 0 Å². The Morgan fingerprint density at radius 1 is 1.41 bits per heavy atom. The van der Waals surface area contributed by atoms with Gasteiger partial charge in [-0.1, -0.05) is 18.2 Å². The van der Waals surface area contributed by atoms with E-state index in [1.165, 1.54) is 0 Å². The summed E-state index contributed by atoms with van der Waals surface area (Å²) in [6, 6.07) is 9.65. The molecule has 2 aromatic rings. The number of fused-ring (bicyclic) bond motifs is 1. The maximum Gasteiger partial charge on any atom is 0.323 e. The van der Waals surface area contributed by atoms with E-state index in [0.717, 1.165) is 22.3 Å². The zero-order valence-corrected chi connectivity index (χ0v) is 9.84. The minimum atomic E-state index is -0.842. The highest BCUT2D eigenvalue weighted by molar-refractivity contribution is 5.93. The molecule has 0 bridgehead atoms. The number of aromatic nitrogens is 1. The number of carbonyl (C=O) groups is 1. The van der Waals surface area contributed by atoms with Gasteiger partial charge in [0.1, 0.15) is 6.54 Å². The number of likely N-dealkylation sites (N-methyl/N-ethyl adjacent to an activating group) is 1. The van der Waals surface area contributed by atoms with Crippen LogP contribution in [0.2, 0.25) is 0 Å². The largest absolute Gasteiger partial charge is 0.480 e. The van der Waals surface area contributed by atoms with E-state index in [4.69, 9.17) is 5.11 Å². The number of benzene rings is 1. The fourth-order valence-corrected chi connectivity index (χ4v) is 1.89. The third-order valence-electron chi connectivity index (χ3n) is 2.61. The summed E-state index contributed by atoms with van der Waals surface area (Å²) in [4.78, 5) is 16.9. The van der Waals surface area contributed by atoms with Crippen LogP contribution in [0.1, 0.15) is 5.69 Å². The van der Waals surface area contributed by atoms with E-state index in [1.807, 2.05) is 37.3 Å². The van der Waals surface area contributed by atoms with Gasteiger partial charge in [-0.05, 0) is 19.1 Å². The van der Waals surface area contributed by atoms with Gasteiger partial charge < -0.3 is 10.0 Å². The van der Waals surface area contributed by atoms with E-state index < -0.39 is 5.97 Å². The number of aryl methyl sites for hydroxylation is 1. The van der Waals surface area contributed by atoms with E-state index in [0.29, 0.717) is 0 Å². The van der Waals surface area contributed by atoms with Crippen molar-refractivity contribution in [2.75, 3.05) is 18.5 Å². The maximum absolute atomic E-state index is 10.7. The van der Waals surface area contributed by atoms with Gasteiger partial charge in [0.15, 0.2) is 0 Å². The lowest BCUT2D eigenvalue weighted by molar-refractivity contribution is -0.135. The Kier molecular flexibility index (Phi) is 2.95. The van der Waals surface area contributed by atoms with Gasteiger partial charge >= 0.3 is 5.97 Å². The van der Waals surface area contributed by atoms with Crippen LogP contribution in [-0.2, 0) is 4.79 Å². The second kappa shape index (κ2) is 4.41. The van der Waals surface area contributed by atoms with Gasteiger partial charge in [-0.3, -0.25) is 9.78 Å². The van der Waals surface area contributed by atoms with Crippen molar-refractivity contribution in [3.8, 4) is 0 Å². The Morgan fingerprint density at radius 2 is 2.12 bits per heavy atom. The number of pyridine rings is 1. The molecular weight excluding hydrogens is 216 g/mol. The molecule has 1 N–H and O–H groups in total. The van der Waals surface area contributed by atoms with Crippen molar-refractivity contribution >= 4 is 22.6 Å². The monoisotopic (exact) mass is 230 g/mol. The van der Waals surface area contributed by atoms with Gasteiger partial charge in [-0.2, -0.15) is 0 Å². The molecule has 0 saturated heterocycles. The summed E-state index contributed by atoms with van der Waals surface area (Å²) in [6.07, 6.45) is 0. The molecule has 0 unspecified atom stereocenters. The SMILES string of the molecule is Cc1cc(N(C)CC(=O)O)c2ccccc2n1. The molecule has 0 amide bonds. The Bertz CT molecular complexity index is 566. The second-order valence-corrected chi connectivity index (χ2v) is 4.05. The molecule has 17 heavy (non-hydrogen) atoms. The van der Waals surface area contributed by atoms with E-state index in [1.54, 1.807) is 11.9 Å². The van der Waals surface area contributed by atoms with Crippen LogP contribution in [0, 0.1) is 6.92 Å². The van der Waals surface area contributed by atoms with Gasteiger partial charge in [0.05, 0.1) is 5.52 Å². The predicted octanol–water partition coefficient (Wildman–Crippen LogP) is 2.06. The Morgan fingerprint density at radius 3 is 2.82 bits per heavy atom. The molecule has 0 aliphatic heterocycles. The summed E-state index contributed by atoms with van der Waals surface area (Å²) < 4.78 is 0. The number of rotatable bonds is 3. The molecule has 1 aromatic heterocycles. The van der Waals surface area contributed by atoms with Crippen molar-refractivity contribution in [1.29, 1.82) is 0 Å². The Labute approximate surface area is 99.5 Å². The zero-order valence-electron chi connectivity index (χ0n) is 9.84. The normalized spacial score (nSPS) is 10.5. The third-order valence-corrected chi connectivity index (χ3v) is 2.61. The van der Waals surface area contributed by atoms with Crippen LogP contribution in [0.5, 0.6) is 0 Å². The van der Waals surface area contributed by atoms with Crippen LogP contribution in [0.4, 0.5) is 5.69 Å². The summed E-state index contributed by atoms with van der Waals surface area (Å²) in [5.74, 6) is -0.842. The quantitative estimate of drug-likeness (QED) is 0.877. The van der Waals surface area contributed by atoms with Crippen molar-refractivity contribution in [2.24, 2.45) is 0 Å².